The van der Waals surface area contributed by atoms with Gasteiger partial charge in [-0.1, -0.05) is 6.07 Å². The Morgan fingerprint density at radius 2 is 2.05 bits per heavy atom. The van der Waals surface area contributed by atoms with Crippen LogP contribution in [-0.2, 0) is 10.8 Å². The lowest BCUT2D eigenvalue weighted by molar-refractivity contribution is 0.677. The number of H-pyrrole nitrogens is 1. The zero-order chi connectivity index (χ0) is 14.3. The number of aryl methyl sites for hydroxylation is 1. The fourth-order valence-electron chi connectivity index (χ4n) is 2.03. The lowest BCUT2D eigenvalue weighted by Gasteiger charge is -2.04. The summed E-state index contributed by atoms with van der Waals surface area (Å²) in [6, 6.07) is 7.58. The van der Waals surface area contributed by atoms with Gasteiger partial charge in [-0.2, -0.15) is 0 Å². The molecule has 0 amide bonds. The molecule has 0 radical (unpaired) electrons. The summed E-state index contributed by atoms with van der Waals surface area (Å²) in [5.74, 6) is 0.391. The van der Waals surface area contributed by atoms with Crippen LogP contribution in [0, 0.1) is 13.8 Å². The van der Waals surface area contributed by atoms with Crippen molar-refractivity contribution in [3.05, 3.63) is 41.6 Å². The second-order valence-electron chi connectivity index (χ2n) is 4.65. The number of nitrogen functional groups attached to an aromatic ring is 1. The molecule has 0 bridgehead atoms. The summed E-state index contributed by atoms with van der Waals surface area (Å²) in [6.07, 6.45) is 1.56. The van der Waals surface area contributed by atoms with Crippen LogP contribution in [-0.4, -0.2) is 19.2 Å². The van der Waals surface area contributed by atoms with E-state index in [2.05, 4.69) is 15.0 Å². The standard InChI is InChI=1S/C14H14N4OS/c1-8-3-4-10-11(7-8)18-14(17-10)20(19)12-5-6-16-13(15)9(12)2/h3-7H,1-2H3,(H2,15,16)(H,17,18). The van der Waals surface area contributed by atoms with Gasteiger partial charge in [0.1, 0.15) is 16.6 Å². The molecule has 0 saturated heterocycles. The Bertz CT molecular complexity index is 825. The summed E-state index contributed by atoms with van der Waals surface area (Å²) in [5, 5.41) is 0.430. The molecule has 20 heavy (non-hydrogen) atoms. The van der Waals surface area contributed by atoms with Crippen molar-refractivity contribution < 1.29 is 4.21 Å². The van der Waals surface area contributed by atoms with Gasteiger partial charge in [0, 0.05) is 11.8 Å². The monoisotopic (exact) mass is 286 g/mol. The van der Waals surface area contributed by atoms with Crippen LogP contribution in [0.1, 0.15) is 11.1 Å². The van der Waals surface area contributed by atoms with E-state index in [1.54, 1.807) is 12.3 Å². The van der Waals surface area contributed by atoms with E-state index in [0.717, 1.165) is 22.2 Å². The molecule has 0 fully saturated rings. The number of nitrogens with zero attached hydrogens (tertiary/aromatic N) is 2. The van der Waals surface area contributed by atoms with Gasteiger partial charge in [-0.05, 0) is 37.6 Å². The minimum atomic E-state index is -1.39. The van der Waals surface area contributed by atoms with E-state index in [9.17, 15) is 4.21 Å². The first-order valence-electron chi connectivity index (χ1n) is 6.15. The number of aromatic amines is 1. The van der Waals surface area contributed by atoms with Crippen LogP contribution >= 0.6 is 0 Å². The van der Waals surface area contributed by atoms with Gasteiger partial charge < -0.3 is 10.7 Å². The first-order chi connectivity index (χ1) is 9.56. The largest absolute Gasteiger partial charge is 0.383 e. The zero-order valence-electron chi connectivity index (χ0n) is 11.2. The van der Waals surface area contributed by atoms with Gasteiger partial charge in [0.25, 0.3) is 0 Å². The maximum absolute atomic E-state index is 12.6. The molecule has 0 aliphatic carbocycles. The highest BCUT2D eigenvalue weighted by Crippen LogP contribution is 2.22. The number of pyridine rings is 1. The smallest absolute Gasteiger partial charge is 0.202 e. The van der Waals surface area contributed by atoms with Crippen LogP contribution in [0.4, 0.5) is 5.82 Å². The van der Waals surface area contributed by atoms with E-state index < -0.39 is 10.8 Å². The number of nitrogens with two attached hydrogens (primary N) is 1. The van der Waals surface area contributed by atoms with Crippen LogP contribution in [0.3, 0.4) is 0 Å². The van der Waals surface area contributed by atoms with Gasteiger partial charge in [-0.15, -0.1) is 0 Å². The maximum Gasteiger partial charge on any atom is 0.202 e. The van der Waals surface area contributed by atoms with Crippen LogP contribution in [0.5, 0.6) is 0 Å². The van der Waals surface area contributed by atoms with Crippen molar-refractivity contribution in [1.82, 2.24) is 15.0 Å². The number of nitrogens with one attached hydrogen (secondary N) is 1. The minimum absolute atomic E-state index is 0.391. The van der Waals surface area contributed by atoms with Gasteiger partial charge in [-0.25, -0.2) is 14.2 Å². The van der Waals surface area contributed by atoms with Gasteiger partial charge in [0.05, 0.1) is 15.9 Å². The third-order valence-corrected chi connectivity index (χ3v) is 4.57. The molecular weight excluding hydrogens is 272 g/mol. The molecule has 1 aromatic carbocycles. The molecule has 6 heteroatoms. The molecule has 102 valence electrons. The topological polar surface area (TPSA) is 84.7 Å². The number of hydrogen-bond acceptors (Lipinski definition) is 4. The van der Waals surface area contributed by atoms with Crippen LogP contribution < -0.4 is 5.73 Å². The first kappa shape index (κ1) is 12.8. The molecule has 2 heterocycles. The molecule has 1 unspecified atom stereocenters. The van der Waals surface area contributed by atoms with Crippen molar-refractivity contribution in [1.29, 1.82) is 0 Å². The van der Waals surface area contributed by atoms with Gasteiger partial charge >= 0.3 is 0 Å². The van der Waals surface area contributed by atoms with Crippen molar-refractivity contribution in [3.8, 4) is 0 Å². The zero-order valence-corrected chi connectivity index (χ0v) is 12.0. The number of aromatic nitrogens is 3. The summed E-state index contributed by atoms with van der Waals surface area (Å²) in [5.41, 5.74) is 9.29. The second kappa shape index (κ2) is 4.72. The van der Waals surface area contributed by atoms with E-state index in [1.807, 2.05) is 32.0 Å². The van der Waals surface area contributed by atoms with Crippen molar-refractivity contribution in [2.24, 2.45) is 0 Å². The summed E-state index contributed by atoms with van der Waals surface area (Å²) in [7, 11) is -1.39. The molecule has 0 spiro atoms. The molecule has 3 N–H and O–H groups in total. The molecule has 3 aromatic rings. The Balaban J connectivity index is 2.10. The predicted octanol–water partition coefficient (Wildman–Crippen LogP) is 2.32. The van der Waals surface area contributed by atoms with Gasteiger partial charge in [0.15, 0.2) is 0 Å². The average molecular weight is 286 g/mol. The third-order valence-electron chi connectivity index (χ3n) is 3.18. The third kappa shape index (κ3) is 2.08. The Morgan fingerprint density at radius 1 is 1.25 bits per heavy atom. The molecule has 3 rings (SSSR count). The molecular formula is C14H14N4OS. The Morgan fingerprint density at radius 3 is 2.85 bits per heavy atom. The highest BCUT2D eigenvalue weighted by atomic mass is 32.2. The Hall–Kier alpha value is -2.21. The van der Waals surface area contributed by atoms with E-state index in [1.165, 1.54) is 0 Å². The van der Waals surface area contributed by atoms with Crippen LogP contribution in [0.2, 0.25) is 0 Å². The fraction of sp³-hybridized carbons (Fsp3) is 0.143. The lowest BCUT2D eigenvalue weighted by Crippen LogP contribution is -2.02. The summed E-state index contributed by atoms with van der Waals surface area (Å²) < 4.78 is 12.6. The van der Waals surface area contributed by atoms with Crippen molar-refractivity contribution in [2.75, 3.05) is 5.73 Å². The quantitative estimate of drug-likeness (QED) is 0.757. The Labute approximate surface area is 118 Å². The van der Waals surface area contributed by atoms with E-state index in [-0.39, 0.29) is 0 Å². The predicted molar refractivity (Wildman–Crippen MR) is 78.9 cm³/mol. The second-order valence-corrected chi connectivity index (χ2v) is 6.01. The van der Waals surface area contributed by atoms with Crippen molar-refractivity contribution >= 4 is 27.7 Å². The number of benzene rings is 1. The molecule has 0 aliphatic rings. The van der Waals surface area contributed by atoms with E-state index in [4.69, 9.17) is 5.73 Å². The number of fused-ring (bicyclic) bond motifs is 1. The highest BCUT2D eigenvalue weighted by molar-refractivity contribution is 7.85. The molecule has 0 saturated carbocycles. The molecule has 2 aromatic heterocycles. The Kier molecular flexibility index (Phi) is 3.02. The van der Waals surface area contributed by atoms with Crippen LogP contribution in [0.25, 0.3) is 11.0 Å². The number of hydrogen-bond donors (Lipinski definition) is 2. The first-order valence-corrected chi connectivity index (χ1v) is 7.30. The maximum atomic E-state index is 12.6. The number of anilines is 1. The SMILES string of the molecule is Cc1ccc2nc(S(=O)c3ccnc(N)c3C)[nH]c2c1. The van der Waals surface area contributed by atoms with E-state index >= 15 is 0 Å². The lowest BCUT2D eigenvalue weighted by atomic mass is 10.2. The minimum Gasteiger partial charge on any atom is -0.383 e. The van der Waals surface area contributed by atoms with Crippen molar-refractivity contribution in [2.45, 2.75) is 23.9 Å². The molecule has 0 aliphatic heterocycles. The van der Waals surface area contributed by atoms with Crippen LogP contribution in [0.15, 0.2) is 40.5 Å². The molecule has 5 nitrogen and oxygen atoms in total. The number of imidazole rings is 1. The molecule has 1 atom stereocenters. The van der Waals surface area contributed by atoms with Gasteiger partial charge in [-0.3, -0.25) is 0 Å². The summed E-state index contributed by atoms with van der Waals surface area (Å²) >= 11 is 0. The highest BCUT2D eigenvalue weighted by Gasteiger charge is 2.15. The van der Waals surface area contributed by atoms with Crippen molar-refractivity contribution in [3.63, 3.8) is 0 Å². The normalized spacial score (nSPS) is 12.7. The van der Waals surface area contributed by atoms with Gasteiger partial charge in [0.2, 0.25) is 5.16 Å². The average Bonchev–Trinajstić information content (AvgIpc) is 2.84. The van der Waals surface area contributed by atoms with E-state index in [0.29, 0.717) is 15.9 Å². The summed E-state index contributed by atoms with van der Waals surface area (Å²) in [6.45, 7) is 3.81. The summed E-state index contributed by atoms with van der Waals surface area (Å²) in [4.78, 5) is 12.1. The number of rotatable bonds is 2. The fourth-order valence-corrected chi connectivity index (χ4v) is 3.19.